The molecular weight excluding hydrogens is 498 g/mol. The van der Waals surface area contributed by atoms with E-state index in [2.05, 4.69) is 5.32 Å². The van der Waals surface area contributed by atoms with Crippen molar-refractivity contribution in [2.24, 2.45) is 0 Å². The SMILES string of the molecule is CNC(=O)c1cccc(N(CC(O)Cn2c3ccccc3c3ccccc32)S(=O)(=O)c2ccc(C)cc2)c1. The maximum absolute atomic E-state index is 13.9. The van der Waals surface area contributed by atoms with Gasteiger partial charge in [-0.3, -0.25) is 9.10 Å². The van der Waals surface area contributed by atoms with E-state index in [1.165, 1.54) is 17.4 Å². The van der Waals surface area contributed by atoms with Gasteiger partial charge in [0.15, 0.2) is 0 Å². The highest BCUT2D eigenvalue weighted by molar-refractivity contribution is 7.92. The maximum Gasteiger partial charge on any atom is 0.264 e. The second-order valence-electron chi connectivity index (χ2n) is 9.28. The van der Waals surface area contributed by atoms with Crippen LogP contribution in [0.1, 0.15) is 15.9 Å². The summed E-state index contributed by atoms with van der Waals surface area (Å²) in [4.78, 5) is 12.4. The van der Waals surface area contributed by atoms with Crippen molar-refractivity contribution >= 4 is 43.4 Å². The van der Waals surface area contributed by atoms with E-state index in [4.69, 9.17) is 0 Å². The molecule has 0 saturated heterocycles. The van der Waals surface area contributed by atoms with Crippen LogP contribution < -0.4 is 9.62 Å². The van der Waals surface area contributed by atoms with Gasteiger partial charge in [0.1, 0.15) is 0 Å². The Morgan fingerprint density at radius 2 is 1.50 bits per heavy atom. The number of para-hydroxylation sites is 2. The lowest BCUT2D eigenvalue weighted by atomic mass is 10.2. The van der Waals surface area contributed by atoms with Crippen molar-refractivity contribution < 1.29 is 18.3 Å². The predicted octanol–water partition coefficient (Wildman–Crippen LogP) is 4.72. The highest BCUT2D eigenvalue weighted by Gasteiger charge is 2.28. The summed E-state index contributed by atoms with van der Waals surface area (Å²) in [5.41, 5.74) is 3.48. The quantitative estimate of drug-likeness (QED) is 0.306. The third-order valence-corrected chi connectivity index (χ3v) is 8.49. The monoisotopic (exact) mass is 527 g/mol. The average molecular weight is 528 g/mol. The zero-order valence-electron chi connectivity index (χ0n) is 21.2. The van der Waals surface area contributed by atoms with Gasteiger partial charge in [0.2, 0.25) is 0 Å². The van der Waals surface area contributed by atoms with E-state index in [0.29, 0.717) is 11.3 Å². The molecule has 1 atom stereocenters. The molecule has 8 heteroatoms. The molecule has 0 fully saturated rings. The van der Waals surface area contributed by atoms with Crippen LogP contribution in [0, 0.1) is 6.92 Å². The first kappa shape index (κ1) is 25.5. The number of amides is 1. The number of nitrogens with zero attached hydrogens (tertiary/aromatic N) is 2. The molecule has 0 aliphatic heterocycles. The molecule has 0 aliphatic rings. The fourth-order valence-corrected chi connectivity index (χ4v) is 6.28. The number of fused-ring (bicyclic) bond motifs is 3. The lowest BCUT2D eigenvalue weighted by Gasteiger charge is -2.28. The number of sulfonamides is 1. The molecule has 7 nitrogen and oxygen atoms in total. The van der Waals surface area contributed by atoms with Crippen LogP contribution in [-0.2, 0) is 16.6 Å². The van der Waals surface area contributed by atoms with Crippen molar-refractivity contribution in [3.8, 4) is 0 Å². The van der Waals surface area contributed by atoms with Crippen molar-refractivity contribution in [3.63, 3.8) is 0 Å². The van der Waals surface area contributed by atoms with Crippen molar-refractivity contribution in [1.82, 2.24) is 9.88 Å². The first-order chi connectivity index (χ1) is 18.3. The van der Waals surface area contributed by atoms with Crippen LogP contribution in [0.4, 0.5) is 5.69 Å². The van der Waals surface area contributed by atoms with Crippen LogP contribution in [-0.4, -0.2) is 43.7 Å². The van der Waals surface area contributed by atoms with Crippen LogP contribution in [0.5, 0.6) is 0 Å². The second-order valence-corrected chi connectivity index (χ2v) is 11.1. The fourth-order valence-electron chi connectivity index (χ4n) is 4.79. The number of nitrogens with one attached hydrogen (secondary N) is 1. The molecule has 38 heavy (non-hydrogen) atoms. The molecule has 0 aliphatic carbocycles. The number of aromatic nitrogens is 1. The molecule has 0 saturated carbocycles. The van der Waals surface area contributed by atoms with Crippen molar-refractivity contribution in [1.29, 1.82) is 0 Å². The Morgan fingerprint density at radius 3 is 2.11 bits per heavy atom. The molecule has 1 heterocycles. The summed E-state index contributed by atoms with van der Waals surface area (Å²) >= 11 is 0. The van der Waals surface area contributed by atoms with Gasteiger partial charge in [-0.2, -0.15) is 0 Å². The number of carbonyl (C=O) groups is 1. The number of rotatable bonds is 8. The Balaban J connectivity index is 1.55. The minimum Gasteiger partial charge on any atom is -0.389 e. The van der Waals surface area contributed by atoms with E-state index in [1.54, 1.807) is 42.5 Å². The number of aliphatic hydroxyl groups excluding tert-OH is 1. The Labute approximate surface area is 222 Å². The van der Waals surface area contributed by atoms with E-state index >= 15 is 0 Å². The Kier molecular flexibility index (Phi) is 6.93. The first-order valence-electron chi connectivity index (χ1n) is 12.3. The molecule has 1 aromatic heterocycles. The van der Waals surface area contributed by atoms with Gasteiger partial charge in [-0.05, 0) is 49.4 Å². The van der Waals surface area contributed by atoms with Gasteiger partial charge in [0.25, 0.3) is 15.9 Å². The van der Waals surface area contributed by atoms with Crippen molar-refractivity contribution in [2.75, 3.05) is 17.9 Å². The topological polar surface area (TPSA) is 91.6 Å². The zero-order valence-corrected chi connectivity index (χ0v) is 22.0. The van der Waals surface area contributed by atoms with Gasteiger partial charge in [0, 0.05) is 34.4 Å². The number of benzene rings is 4. The van der Waals surface area contributed by atoms with Gasteiger partial charge in [0.05, 0.1) is 29.8 Å². The van der Waals surface area contributed by atoms with Crippen LogP contribution in [0.25, 0.3) is 21.8 Å². The summed E-state index contributed by atoms with van der Waals surface area (Å²) in [5, 5.41) is 16.0. The Hall–Kier alpha value is -4.14. The highest BCUT2D eigenvalue weighted by Crippen LogP contribution is 2.30. The summed E-state index contributed by atoms with van der Waals surface area (Å²) in [6.07, 6.45) is -1.04. The summed E-state index contributed by atoms with van der Waals surface area (Å²) in [5.74, 6) is -0.328. The third kappa shape index (κ3) is 4.76. The maximum atomic E-state index is 13.9. The molecule has 194 valence electrons. The van der Waals surface area contributed by atoms with Gasteiger partial charge in [-0.15, -0.1) is 0 Å². The van der Waals surface area contributed by atoms with Crippen LogP contribution in [0.3, 0.4) is 0 Å². The van der Waals surface area contributed by atoms with E-state index in [0.717, 1.165) is 27.4 Å². The molecule has 4 aromatic carbocycles. The van der Waals surface area contributed by atoms with Crippen LogP contribution in [0.15, 0.2) is 102 Å². The molecule has 0 spiro atoms. The van der Waals surface area contributed by atoms with E-state index in [1.807, 2.05) is 60.0 Å². The van der Waals surface area contributed by atoms with Crippen LogP contribution in [0.2, 0.25) is 0 Å². The van der Waals surface area contributed by atoms with Crippen LogP contribution >= 0.6 is 0 Å². The minimum atomic E-state index is -4.05. The van der Waals surface area contributed by atoms with Crippen molar-refractivity contribution in [2.45, 2.75) is 24.5 Å². The average Bonchev–Trinajstić information content (AvgIpc) is 3.25. The number of carbonyl (C=O) groups excluding carboxylic acids is 1. The van der Waals surface area contributed by atoms with E-state index < -0.39 is 16.1 Å². The van der Waals surface area contributed by atoms with Gasteiger partial charge < -0.3 is 15.0 Å². The molecule has 5 aromatic rings. The Bertz CT molecular complexity index is 1670. The second kappa shape index (κ2) is 10.3. The van der Waals surface area contributed by atoms with Gasteiger partial charge in [-0.1, -0.05) is 60.2 Å². The number of anilines is 1. The summed E-state index contributed by atoms with van der Waals surface area (Å²) in [7, 11) is -2.53. The molecule has 1 amide bonds. The summed E-state index contributed by atoms with van der Waals surface area (Å²) in [6.45, 7) is 1.87. The molecule has 5 rings (SSSR count). The zero-order chi connectivity index (χ0) is 26.9. The summed E-state index contributed by atoms with van der Waals surface area (Å²) < 4.78 is 30.9. The normalized spacial score (nSPS) is 12.5. The number of hydrogen-bond donors (Lipinski definition) is 2. The molecule has 0 radical (unpaired) electrons. The molecule has 0 bridgehead atoms. The number of aryl methyl sites for hydroxylation is 1. The lowest BCUT2D eigenvalue weighted by molar-refractivity contribution is 0.0963. The number of hydrogen-bond acceptors (Lipinski definition) is 4. The Morgan fingerprint density at radius 1 is 0.895 bits per heavy atom. The molecule has 1 unspecified atom stereocenters. The largest absolute Gasteiger partial charge is 0.389 e. The predicted molar refractivity (Wildman–Crippen MR) is 151 cm³/mol. The van der Waals surface area contributed by atoms with E-state index in [-0.39, 0.29) is 23.9 Å². The molecular formula is C30H29N3O4S. The lowest BCUT2D eigenvalue weighted by Crippen LogP contribution is -2.39. The highest BCUT2D eigenvalue weighted by atomic mass is 32.2. The minimum absolute atomic E-state index is 0.109. The van der Waals surface area contributed by atoms with E-state index in [9.17, 15) is 18.3 Å². The van der Waals surface area contributed by atoms with Gasteiger partial charge >= 0.3 is 0 Å². The van der Waals surface area contributed by atoms with Crippen molar-refractivity contribution in [3.05, 3.63) is 108 Å². The smallest absolute Gasteiger partial charge is 0.264 e. The molecule has 2 N–H and O–H groups in total. The third-order valence-electron chi connectivity index (χ3n) is 6.68. The standard InChI is InChI=1S/C30H29N3O4S/c1-21-14-16-25(17-15-21)38(36,37)33(23-9-7-8-22(18-23)30(35)31-2)20-24(34)19-32-28-12-5-3-10-26(28)27-11-4-6-13-29(27)32/h3-18,24,34H,19-20H2,1-2H3,(H,31,35). The summed E-state index contributed by atoms with van der Waals surface area (Å²) in [6, 6.07) is 28.9. The fraction of sp³-hybridized carbons (Fsp3) is 0.167. The van der Waals surface area contributed by atoms with Gasteiger partial charge in [-0.25, -0.2) is 8.42 Å². The number of aliphatic hydroxyl groups is 1. The first-order valence-corrected chi connectivity index (χ1v) is 13.8.